The van der Waals surface area contributed by atoms with Crippen molar-refractivity contribution in [3.63, 3.8) is 0 Å². The summed E-state index contributed by atoms with van der Waals surface area (Å²) in [5.74, 6) is -0.114. The topological polar surface area (TPSA) is 51.2 Å². The van der Waals surface area contributed by atoms with Gasteiger partial charge in [0, 0.05) is 12.8 Å². The zero-order valence-corrected chi connectivity index (χ0v) is 8.50. The number of amides is 1. The van der Waals surface area contributed by atoms with E-state index in [1.54, 1.807) is 12.3 Å². The lowest BCUT2D eigenvalue weighted by molar-refractivity contribution is -0.122. The number of hydrogen-bond acceptors (Lipinski definition) is 4. The predicted molar refractivity (Wildman–Crippen MR) is 54.1 cm³/mol. The quantitative estimate of drug-likeness (QED) is 0.803. The molecule has 0 radical (unpaired) electrons. The van der Waals surface area contributed by atoms with Gasteiger partial charge >= 0.3 is 0 Å². The molecule has 0 saturated carbocycles. The first kappa shape index (κ1) is 9.48. The number of anilines is 1. The molecule has 2 heterocycles. The van der Waals surface area contributed by atoms with Crippen LogP contribution in [-0.4, -0.2) is 22.9 Å². The Morgan fingerprint density at radius 1 is 1.71 bits per heavy atom. The van der Waals surface area contributed by atoms with Crippen molar-refractivity contribution < 1.29 is 9.53 Å². The van der Waals surface area contributed by atoms with Crippen LogP contribution in [0.25, 0.3) is 0 Å². The largest absolute Gasteiger partial charge is 0.357 e. The van der Waals surface area contributed by atoms with Crippen molar-refractivity contribution in [2.75, 3.05) is 11.9 Å². The summed E-state index contributed by atoms with van der Waals surface area (Å²) in [6, 6.07) is 3.62. The second-order valence-corrected chi connectivity index (χ2v) is 3.80. The highest BCUT2D eigenvalue weighted by molar-refractivity contribution is 8.00. The molecule has 1 aromatic heterocycles. The molecular formula is C9H10N2O2S. The first-order valence-electron chi connectivity index (χ1n) is 4.35. The number of nitrogens with zero attached hydrogens (tertiary/aromatic N) is 1. The Morgan fingerprint density at radius 3 is 3.36 bits per heavy atom. The van der Waals surface area contributed by atoms with E-state index in [1.165, 1.54) is 11.8 Å². The van der Waals surface area contributed by atoms with Gasteiger partial charge in [0.15, 0.2) is 5.44 Å². The van der Waals surface area contributed by atoms with Crippen LogP contribution in [0.2, 0.25) is 0 Å². The maximum absolute atomic E-state index is 11.5. The molecule has 4 nitrogen and oxygen atoms in total. The molecule has 0 saturated heterocycles. The van der Waals surface area contributed by atoms with E-state index in [2.05, 4.69) is 10.3 Å². The molecular weight excluding hydrogens is 200 g/mol. The molecule has 0 fully saturated rings. The Balaban J connectivity index is 2.22. The molecule has 1 amide bonds. The van der Waals surface area contributed by atoms with Gasteiger partial charge in [-0.3, -0.25) is 4.79 Å². The zero-order chi connectivity index (χ0) is 9.97. The lowest BCUT2D eigenvalue weighted by atomic mass is 10.4. The summed E-state index contributed by atoms with van der Waals surface area (Å²) in [5, 5.41) is 3.56. The Labute approximate surface area is 86.1 Å². The van der Waals surface area contributed by atoms with Crippen LogP contribution in [0.4, 0.5) is 5.69 Å². The highest BCUT2D eigenvalue weighted by atomic mass is 32.2. The van der Waals surface area contributed by atoms with Crippen molar-refractivity contribution >= 4 is 23.4 Å². The zero-order valence-electron chi connectivity index (χ0n) is 7.69. The van der Waals surface area contributed by atoms with Crippen LogP contribution in [0.15, 0.2) is 23.4 Å². The van der Waals surface area contributed by atoms with Gasteiger partial charge in [0.25, 0.3) is 5.91 Å². The van der Waals surface area contributed by atoms with E-state index in [4.69, 9.17) is 4.74 Å². The summed E-state index contributed by atoms with van der Waals surface area (Å²) in [6.07, 6.45) is 1.70. The van der Waals surface area contributed by atoms with Crippen LogP contribution in [0.1, 0.15) is 6.92 Å². The number of hydrogen-bond donors (Lipinski definition) is 1. The minimum Gasteiger partial charge on any atom is -0.357 e. The summed E-state index contributed by atoms with van der Waals surface area (Å²) in [5.41, 5.74) is 0.292. The monoisotopic (exact) mass is 210 g/mol. The highest BCUT2D eigenvalue weighted by Crippen LogP contribution is 2.33. The number of pyridine rings is 1. The average molecular weight is 210 g/mol. The van der Waals surface area contributed by atoms with E-state index in [0.717, 1.165) is 10.7 Å². The van der Waals surface area contributed by atoms with Crippen LogP contribution in [0, 0.1) is 0 Å². The Kier molecular flexibility index (Phi) is 2.69. The summed E-state index contributed by atoms with van der Waals surface area (Å²) in [6.45, 7) is 2.38. The molecule has 74 valence electrons. The smallest absolute Gasteiger partial charge is 0.264 e. The first-order chi connectivity index (χ1) is 6.81. The summed E-state index contributed by atoms with van der Waals surface area (Å²) in [4.78, 5) is 15.6. The van der Waals surface area contributed by atoms with Crippen molar-refractivity contribution in [3.8, 4) is 0 Å². The molecule has 1 aromatic rings. The lowest BCUT2D eigenvalue weighted by Gasteiger charge is -2.22. The summed E-state index contributed by atoms with van der Waals surface area (Å²) >= 11 is 1.34. The van der Waals surface area contributed by atoms with E-state index >= 15 is 0 Å². The Bertz CT molecular complexity index is 356. The van der Waals surface area contributed by atoms with E-state index in [0.29, 0.717) is 6.61 Å². The van der Waals surface area contributed by atoms with Crippen LogP contribution in [0.5, 0.6) is 0 Å². The van der Waals surface area contributed by atoms with Gasteiger partial charge < -0.3 is 10.1 Å². The Hall–Kier alpha value is -1.07. The van der Waals surface area contributed by atoms with Crippen LogP contribution in [0.3, 0.4) is 0 Å². The minimum absolute atomic E-state index is 0.114. The molecule has 1 aliphatic rings. The van der Waals surface area contributed by atoms with Crippen molar-refractivity contribution in [1.82, 2.24) is 4.98 Å². The van der Waals surface area contributed by atoms with E-state index < -0.39 is 5.44 Å². The molecule has 14 heavy (non-hydrogen) atoms. The van der Waals surface area contributed by atoms with E-state index in [9.17, 15) is 4.79 Å². The Morgan fingerprint density at radius 2 is 2.57 bits per heavy atom. The first-order valence-corrected chi connectivity index (χ1v) is 5.23. The van der Waals surface area contributed by atoms with E-state index in [-0.39, 0.29) is 5.91 Å². The maximum Gasteiger partial charge on any atom is 0.264 e. The molecule has 0 aliphatic carbocycles. The fraction of sp³-hybridized carbons (Fsp3) is 0.333. The van der Waals surface area contributed by atoms with Gasteiger partial charge in [-0.05, 0) is 19.1 Å². The molecule has 0 spiro atoms. The molecule has 1 aliphatic heterocycles. The average Bonchev–Trinajstić information content (AvgIpc) is 2.19. The van der Waals surface area contributed by atoms with Crippen LogP contribution >= 0.6 is 11.8 Å². The second kappa shape index (κ2) is 3.98. The number of fused-ring (bicyclic) bond motifs is 1. The van der Waals surface area contributed by atoms with Gasteiger partial charge in [-0.1, -0.05) is 11.8 Å². The number of rotatable bonds is 2. The van der Waals surface area contributed by atoms with Crippen molar-refractivity contribution in [2.45, 2.75) is 17.4 Å². The van der Waals surface area contributed by atoms with E-state index in [1.807, 2.05) is 13.0 Å². The molecule has 0 bridgehead atoms. The van der Waals surface area contributed by atoms with Gasteiger partial charge in [0.1, 0.15) is 5.03 Å². The van der Waals surface area contributed by atoms with Crippen LogP contribution < -0.4 is 5.32 Å². The number of aromatic nitrogens is 1. The predicted octanol–water partition coefficient (Wildman–Crippen LogP) is 1.49. The molecule has 0 aromatic carbocycles. The van der Waals surface area contributed by atoms with Crippen LogP contribution in [-0.2, 0) is 9.53 Å². The number of ether oxygens (including phenoxy) is 1. The van der Waals surface area contributed by atoms with Gasteiger partial charge in [-0.25, -0.2) is 4.98 Å². The highest BCUT2D eigenvalue weighted by Gasteiger charge is 2.27. The third-order valence-electron chi connectivity index (χ3n) is 1.78. The molecule has 5 heteroatoms. The molecule has 2 rings (SSSR count). The van der Waals surface area contributed by atoms with Gasteiger partial charge in [-0.15, -0.1) is 0 Å². The van der Waals surface area contributed by atoms with Crippen molar-refractivity contribution in [1.29, 1.82) is 0 Å². The lowest BCUT2D eigenvalue weighted by Crippen LogP contribution is -2.31. The van der Waals surface area contributed by atoms with Gasteiger partial charge in [-0.2, -0.15) is 0 Å². The fourth-order valence-corrected chi connectivity index (χ4v) is 2.13. The normalized spacial score (nSPS) is 20.1. The van der Waals surface area contributed by atoms with Gasteiger partial charge in [0.05, 0.1) is 5.69 Å². The third-order valence-corrected chi connectivity index (χ3v) is 2.89. The number of thioether (sulfide) groups is 1. The number of nitrogens with one attached hydrogen (secondary N) is 1. The second-order valence-electron chi connectivity index (χ2n) is 2.75. The number of carbonyl (C=O) groups is 1. The standard InChI is InChI=1S/C9H10N2O2S/c1-2-13-9-7(12)11-6-4-3-5-10-8(6)14-9/h3-5,9H,2H2,1H3,(H,11,12). The van der Waals surface area contributed by atoms with Crippen molar-refractivity contribution in [2.24, 2.45) is 0 Å². The molecule has 1 atom stereocenters. The third kappa shape index (κ3) is 1.73. The number of carbonyl (C=O) groups excluding carboxylic acids is 1. The maximum atomic E-state index is 11.5. The van der Waals surface area contributed by atoms with Gasteiger partial charge in [0.2, 0.25) is 0 Å². The summed E-state index contributed by atoms with van der Waals surface area (Å²) < 4.78 is 5.26. The SMILES string of the molecule is CCOC1Sc2ncccc2NC1=O. The molecule has 1 N–H and O–H groups in total. The minimum atomic E-state index is -0.470. The van der Waals surface area contributed by atoms with Crippen molar-refractivity contribution in [3.05, 3.63) is 18.3 Å². The molecule has 1 unspecified atom stereocenters. The summed E-state index contributed by atoms with van der Waals surface area (Å²) in [7, 11) is 0. The fourth-order valence-electron chi connectivity index (χ4n) is 1.19.